The SMILES string of the molecule is CCc1cccc(N[C@@H]2C[C@H](C)N(C(C)=O)c3ccc(-c4cccc(NC(C)=O)c4)cc32)c1. The molecule has 2 amide bonds. The van der Waals surface area contributed by atoms with Gasteiger partial charge in [0.25, 0.3) is 0 Å². The fraction of sp³-hybridized carbons (Fsp3) is 0.286. The Kier molecular flexibility index (Phi) is 6.50. The Balaban J connectivity index is 1.75. The summed E-state index contributed by atoms with van der Waals surface area (Å²) >= 11 is 0. The van der Waals surface area contributed by atoms with Gasteiger partial charge in [-0.3, -0.25) is 9.59 Å². The van der Waals surface area contributed by atoms with Gasteiger partial charge < -0.3 is 15.5 Å². The maximum absolute atomic E-state index is 12.5. The molecule has 0 bridgehead atoms. The molecule has 5 nitrogen and oxygen atoms in total. The maximum atomic E-state index is 12.5. The number of nitrogens with one attached hydrogen (secondary N) is 2. The Morgan fingerprint density at radius 3 is 2.39 bits per heavy atom. The Bertz CT molecular complexity index is 1190. The molecule has 3 aromatic rings. The Hall–Kier alpha value is -3.60. The molecular formula is C28H31N3O2. The van der Waals surface area contributed by atoms with E-state index in [0.717, 1.165) is 46.6 Å². The van der Waals surface area contributed by atoms with Crippen LogP contribution in [-0.2, 0) is 16.0 Å². The number of aryl methyl sites for hydroxylation is 1. The summed E-state index contributed by atoms with van der Waals surface area (Å²) in [5.74, 6) is -0.0437. The first-order valence-electron chi connectivity index (χ1n) is 11.5. The van der Waals surface area contributed by atoms with Crippen molar-refractivity contribution in [3.8, 4) is 11.1 Å². The molecule has 4 rings (SSSR count). The molecular weight excluding hydrogens is 410 g/mol. The van der Waals surface area contributed by atoms with E-state index in [2.05, 4.69) is 60.9 Å². The first-order chi connectivity index (χ1) is 15.9. The molecule has 2 N–H and O–H groups in total. The van der Waals surface area contributed by atoms with Crippen molar-refractivity contribution in [3.05, 3.63) is 77.9 Å². The number of carbonyl (C=O) groups is 2. The third kappa shape index (κ3) is 4.92. The van der Waals surface area contributed by atoms with Crippen LogP contribution < -0.4 is 15.5 Å². The van der Waals surface area contributed by atoms with Gasteiger partial charge in [-0.15, -0.1) is 0 Å². The van der Waals surface area contributed by atoms with E-state index in [9.17, 15) is 9.59 Å². The summed E-state index contributed by atoms with van der Waals surface area (Å²) in [6, 6.07) is 22.8. The average Bonchev–Trinajstić information content (AvgIpc) is 2.78. The first-order valence-corrected chi connectivity index (χ1v) is 11.5. The first kappa shape index (κ1) is 22.6. The number of anilines is 3. The zero-order chi connectivity index (χ0) is 23.5. The molecule has 0 saturated carbocycles. The van der Waals surface area contributed by atoms with Crippen molar-refractivity contribution in [2.45, 2.75) is 52.6 Å². The molecule has 3 aromatic carbocycles. The minimum absolute atomic E-state index is 0.0515. The number of rotatable bonds is 5. The average molecular weight is 442 g/mol. The molecule has 1 aliphatic heterocycles. The van der Waals surface area contributed by atoms with E-state index in [1.807, 2.05) is 35.2 Å². The van der Waals surface area contributed by atoms with Gasteiger partial charge in [0.1, 0.15) is 0 Å². The predicted molar refractivity (Wildman–Crippen MR) is 136 cm³/mol. The highest BCUT2D eigenvalue weighted by Crippen LogP contribution is 2.41. The number of benzene rings is 3. The summed E-state index contributed by atoms with van der Waals surface area (Å²) in [5.41, 5.74) is 7.27. The predicted octanol–water partition coefficient (Wildman–Crippen LogP) is 6.17. The summed E-state index contributed by atoms with van der Waals surface area (Å²) < 4.78 is 0. The number of carbonyl (C=O) groups excluding carboxylic acids is 2. The lowest BCUT2D eigenvalue weighted by molar-refractivity contribution is -0.117. The molecule has 0 radical (unpaired) electrons. The van der Waals surface area contributed by atoms with Gasteiger partial charge in [-0.05, 0) is 78.4 Å². The van der Waals surface area contributed by atoms with Crippen molar-refractivity contribution in [2.75, 3.05) is 15.5 Å². The van der Waals surface area contributed by atoms with Gasteiger partial charge in [0.05, 0.1) is 6.04 Å². The van der Waals surface area contributed by atoms with Gasteiger partial charge in [0, 0.05) is 37.0 Å². The van der Waals surface area contributed by atoms with Gasteiger partial charge in [0.2, 0.25) is 11.8 Å². The number of hydrogen-bond acceptors (Lipinski definition) is 3. The maximum Gasteiger partial charge on any atom is 0.224 e. The van der Waals surface area contributed by atoms with Crippen LogP contribution in [0.4, 0.5) is 17.1 Å². The molecule has 2 atom stereocenters. The van der Waals surface area contributed by atoms with Crippen LogP contribution in [0.25, 0.3) is 11.1 Å². The molecule has 0 aliphatic carbocycles. The molecule has 1 aliphatic rings. The van der Waals surface area contributed by atoms with Crippen LogP contribution in [0, 0.1) is 0 Å². The number of amides is 2. The summed E-state index contributed by atoms with van der Waals surface area (Å²) in [7, 11) is 0. The van der Waals surface area contributed by atoms with E-state index in [-0.39, 0.29) is 23.9 Å². The zero-order valence-corrected chi connectivity index (χ0v) is 19.7. The van der Waals surface area contributed by atoms with E-state index in [1.165, 1.54) is 12.5 Å². The van der Waals surface area contributed by atoms with Gasteiger partial charge in [-0.1, -0.05) is 37.3 Å². The molecule has 0 aromatic heterocycles. The Labute approximate surface area is 195 Å². The van der Waals surface area contributed by atoms with Crippen molar-refractivity contribution in [3.63, 3.8) is 0 Å². The fourth-order valence-electron chi connectivity index (χ4n) is 4.72. The molecule has 0 unspecified atom stereocenters. The van der Waals surface area contributed by atoms with Crippen LogP contribution >= 0.6 is 0 Å². The fourth-order valence-corrected chi connectivity index (χ4v) is 4.72. The smallest absolute Gasteiger partial charge is 0.224 e. The second kappa shape index (κ2) is 9.49. The number of fused-ring (bicyclic) bond motifs is 1. The molecule has 5 heteroatoms. The summed E-state index contributed by atoms with van der Waals surface area (Å²) in [4.78, 5) is 25.9. The van der Waals surface area contributed by atoms with E-state index in [0.29, 0.717) is 0 Å². The molecule has 170 valence electrons. The van der Waals surface area contributed by atoms with Crippen LogP contribution in [0.2, 0.25) is 0 Å². The second-order valence-corrected chi connectivity index (χ2v) is 8.76. The topological polar surface area (TPSA) is 61.4 Å². The lowest BCUT2D eigenvalue weighted by atomic mass is 9.88. The monoisotopic (exact) mass is 441 g/mol. The summed E-state index contributed by atoms with van der Waals surface area (Å²) in [5, 5.41) is 6.58. The normalized spacial score (nSPS) is 17.3. The highest BCUT2D eigenvalue weighted by Gasteiger charge is 2.32. The summed E-state index contributed by atoms with van der Waals surface area (Å²) in [6.07, 6.45) is 1.80. The minimum Gasteiger partial charge on any atom is -0.378 e. The second-order valence-electron chi connectivity index (χ2n) is 8.76. The molecule has 0 fully saturated rings. The van der Waals surface area contributed by atoms with Crippen molar-refractivity contribution in [1.82, 2.24) is 0 Å². The van der Waals surface area contributed by atoms with Crippen LogP contribution in [-0.4, -0.2) is 17.9 Å². The number of hydrogen-bond donors (Lipinski definition) is 2. The Morgan fingerprint density at radius 2 is 1.67 bits per heavy atom. The highest BCUT2D eigenvalue weighted by molar-refractivity contribution is 5.94. The van der Waals surface area contributed by atoms with E-state index in [1.54, 1.807) is 6.92 Å². The molecule has 0 saturated heterocycles. The largest absolute Gasteiger partial charge is 0.378 e. The van der Waals surface area contributed by atoms with Crippen LogP contribution in [0.1, 0.15) is 51.3 Å². The van der Waals surface area contributed by atoms with Crippen molar-refractivity contribution in [1.29, 1.82) is 0 Å². The van der Waals surface area contributed by atoms with Crippen LogP contribution in [0.15, 0.2) is 66.7 Å². The zero-order valence-electron chi connectivity index (χ0n) is 19.7. The number of nitrogens with zero attached hydrogens (tertiary/aromatic N) is 1. The van der Waals surface area contributed by atoms with Crippen molar-refractivity contribution >= 4 is 28.9 Å². The van der Waals surface area contributed by atoms with E-state index >= 15 is 0 Å². The van der Waals surface area contributed by atoms with Gasteiger partial charge in [0.15, 0.2) is 0 Å². The molecule has 0 spiro atoms. The summed E-state index contributed by atoms with van der Waals surface area (Å²) in [6.45, 7) is 7.39. The standard InChI is InChI=1S/C28H31N3O2/c1-5-21-8-6-10-24(15-21)30-27-14-18(2)31(20(4)33)28-13-12-23(17-26(27)28)22-9-7-11-25(16-22)29-19(3)32/h6-13,15-18,27,30H,5,14H2,1-4H3,(H,29,32)/t18-,27+/m0/s1. The Morgan fingerprint density at radius 1 is 0.939 bits per heavy atom. The third-order valence-corrected chi connectivity index (χ3v) is 6.21. The van der Waals surface area contributed by atoms with E-state index < -0.39 is 0 Å². The lowest BCUT2D eigenvalue weighted by Crippen LogP contribution is -2.43. The van der Waals surface area contributed by atoms with Crippen molar-refractivity contribution < 1.29 is 9.59 Å². The van der Waals surface area contributed by atoms with Crippen molar-refractivity contribution in [2.24, 2.45) is 0 Å². The lowest BCUT2D eigenvalue weighted by Gasteiger charge is -2.40. The van der Waals surface area contributed by atoms with Gasteiger partial charge in [-0.25, -0.2) is 0 Å². The third-order valence-electron chi connectivity index (χ3n) is 6.21. The minimum atomic E-state index is -0.0951. The highest BCUT2D eigenvalue weighted by atomic mass is 16.2. The van der Waals surface area contributed by atoms with Crippen LogP contribution in [0.3, 0.4) is 0 Å². The van der Waals surface area contributed by atoms with Gasteiger partial charge in [-0.2, -0.15) is 0 Å². The quantitative estimate of drug-likeness (QED) is 0.497. The molecule has 33 heavy (non-hydrogen) atoms. The van der Waals surface area contributed by atoms with Gasteiger partial charge >= 0.3 is 0 Å². The van der Waals surface area contributed by atoms with Crippen LogP contribution in [0.5, 0.6) is 0 Å². The van der Waals surface area contributed by atoms with E-state index in [4.69, 9.17) is 0 Å². The molecule has 1 heterocycles.